The van der Waals surface area contributed by atoms with Crippen LogP contribution in [0.15, 0.2) is 12.1 Å². The lowest BCUT2D eigenvalue weighted by Crippen LogP contribution is -2.22. The fraction of sp³-hybridized carbons (Fsp3) is 0.600. The maximum Gasteiger partial charge on any atom is 0.273 e. The first-order valence-corrected chi connectivity index (χ1v) is 6.69. The fourth-order valence-electron chi connectivity index (χ4n) is 2.77. The molecule has 2 rings (SSSR count). The summed E-state index contributed by atoms with van der Waals surface area (Å²) < 4.78 is 34.0. The average Bonchev–Trinajstić information content (AvgIpc) is 2.84. The summed E-state index contributed by atoms with van der Waals surface area (Å²) in [5, 5.41) is 3.14. The molecule has 1 saturated heterocycles. The zero-order chi connectivity index (χ0) is 14.0. The molecule has 106 valence electrons. The second kappa shape index (κ2) is 5.45. The average molecular weight is 269 g/mol. The van der Waals surface area contributed by atoms with E-state index in [4.69, 9.17) is 4.74 Å². The van der Waals surface area contributed by atoms with Gasteiger partial charge >= 0.3 is 0 Å². The fourth-order valence-corrected chi connectivity index (χ4v) is 2.77. The molecule has 19 heavy (non-hydrogen) atoms. The highest BCUT2D eigenvalue weighted by Gasteiger charge is 2.37. The van der Waals surface area contributed by atoms with E-state index in [0.29, 0.717) is 17.9 Å². The smallest absolute Gasteiger partial charge is 0.273 e. The van der Waals surface area contributed by atoms with Crippen LogP contribution in [0.25, 0.3) is 0 Å². The lowest BCUT2D eigenvalue weighted by Gasteiger charge is -2.23. The number of methoxy groups -OCH3 is 1. The first-order chi connectivity index (χ1) is 8.95. The van der Waals surface area contributed by atoms with E-state index in [1.54, 1.807) is 20.1 Å². The van der Waals surface area contributed by atoms with Gasteiger partial charge in [-0.2, -0.15) is 0 Å². The summed E-state index contributed by atoms with van der Waals surface area (Å²) in [5.41, 5.74) is 1.57. The van der Waals surface area contributed by atoms with Crippen molar-refractivity contribution in [3.8, 4) is 5.75 Å². The van der Waals surface area contributed by atoms with Gasteiger partial charge in [0.2, 0.25) is 0 Å². The van der Waals surface area contributed by atoms with E-state index in [0.717, 1.165) is 18.5 Å². The monoisotopic (exact) mass is 269 g/mol. The van der Waals surface area contributed by atoms with Crippen LogP contribution in [0.3, 0.4) is 0 Å². The third kappa shape index (κ3) is 2.89. The molecule has 0 saturated carbocycles. The Bertz CT molecular complexity index is 454. The largest absolute Gasteiger partial charge is 0.496 e. The van der Waals surface area contributed by atoms with Gasteiger partial charge in [0.25, 0.3) is 5.92 Å². The highest BCUT2D eigenvalue weighted by atomic mass is 19.3. The van der Waals surface area contributed by atoms with Crippen LogP contribution in [-0.2, 0) is 5.92 Å². The quantitative estimate of drug-likeness (QED) is 0.904. The summed E-state index contributed by atoms with van der Waals surface area (Å²) in [6.07, 6.45) is 0.760. The maximum atomic E-state index is 14.4. The van der Waals surface area contributed by atoms with Crippen LogP contribution in [0, 0.1) is 19.8 Å². The van der Waals surface area contributed by atoms with Crippen molar-refractivity contribution >= 4 is 0 Å². The van der Waals surface area contributed by atoms with E-state index in [2.05, 4.69) is 5.32 Å². The Kier molecular flexibility index (Phi) is 4.09. The van der Waals surface area contributed by atoms with Gasteiger partial charge < -0.3 is 10.1 Å². The minimum absolute atomic E-state index is 0.0665. The highest BCUT2D eigenvalue weighted by Crippen LogP contribution is 2.40. The molecule has 0 aromatic heterocycles. The first-order valence-electron chi connectivity index (χ1n) is 6.69. The standard InChI is InChI=1S/C15H21F2NO/c1-10-11(2)14(19-3)5-4-13(10)15(16,17)8-12-6-7-18-9-12/h4-5,12,18H,6-9H2,1-3H3. The van der Waals surface area contributed by atoms with Gasteiger partial charge in [0.15, 0.2) is 0 Å². The molecular weight excluding hydrogens is 248 g/mol. The van der Waals surface area contributed by atoms with E-state index in [1.165, 1.54) is 6.07 Å². The van der Waals surface area contributed by atoms with E-state index in [-0.39, 0.29) is 17.9 Å². The molecule has 1 aromatic carbocycles. The lowest BCUT2D eigenvalue weighted by atomic mass is 9.91. The van der Waals surface area contributed by atoms with Gasteiger partial charge in [-0.25, -0.2) is 8.78 Å². The summed E-state index contributed by atoms with van der Waals surface area (Å²) in [5.74, 6) is -2.03. The zero-order valence-electron chi connectivity index (χ0n) is 11.7. The van der Waals surface area contributed by atoms with Crippen LogP contribution < -0.4 is 10.1 Å². The van der Waals surface area contributed by atoms with Crippen molar-refractivity contribution in [2.45, 2.75) is 32.6 Å². The molecule has 1 N–H and O–H groups in total. The van der Waals surface area contributed by atoms with Crippen LogP contribution in [0.1, 0.15) is 29.5 Å². The maximum absolute atomic E-state index is 14.4. The number of ether oxygens (including phenoxy) is 1. The van der Waals surface area contributed by atoms with E-state index in [9.17, 15) is 8.78 Å². The van der Waals surface area contributed by atoms with Crippen molar-refractivity contribution in [2.75, 3.05) is 20.2 Å². The van der Waals surface area contributed by atoms with Gasteiger partial charge in [0.1, 0.15) is 5.75 Å². The third-order valence-corrected chi connectivity index (χ3v) is 4.06. The number of benzene rings is 1. The summed E-state index contributed by atoms with van der Waals surface area (Å²) in [7, 11) is 1.56. The van der Waals surface area contributed by atoms with Crippen molar-refractivity contribution in [2.24, 2.45) is 5.92 Å². The first kappa shape index (κ1) is 14.3. The van der Waals surface area contributed by atoms with Gasteiger partial charge in [-0.3, -0.25) is 0 Å². The minimum Gasteiger partial charge on any atom is -0.496 e. The number of nitrogens with one attached hydrogen (secondary N) is 1. The van der Waals surface area contributed by atoms with E-state index in [1.807, 2.05) is 6.92 Å². The van der Waals surface area contributed by atoms with Crippen LogP contribution in [0.2, 0.25) is 0 Å². The van der Waals surface area contributed by atoms with Gasteiger partial charge in [0.05, 0.1) is 7.11 Å². The lowest BCUT2D eigenvalue weighted by molar-refractivity contribution is -0.0274. The number of halogens is 2. The molecule has 1 aromatic rings. The van der Waals surface area contributed by atoms with Gasteiger partial charge in [-0.05, 0) is 62.5 Å². The Morgan fingerprint density at radius 2 is 2.05 bits per heavy atom. The molecule has 1 aliphatic rings. The topological polar surface area (TPSA) is 21.3 Å². The SMILES string of the molecule is COc1ccc(C(F)(F)CC2CCNC2)c(C)c1C. The Labute approximate surface area is 113 Å². The van der Waals surface area contributed by atoms with Crippen molar-refractivity contribution in [3.63, 3.8) is 0 Å². The molecule has 2 nitrogen and oxygen atoms in total. The summed E-state index contributed by atoms with van der Waals surface area (Å²) >= 11 is 0. The Morgan fingerprint density at radius 1 is 1.32 bits per heavy atom. The number of hydrogen-bond donors (Lipinski definition) is 1. The summed E-state index contributed by atoms with van der Waals surface area (Å²) in [6.45, 7) is 5.12. The van der Waals surface area contributed by atoms with Gasteiger partial charge in [-0.15, -0.1) is 0 Å². The molecule has 4 heteroatoms. The van der Waals surface area contributed by atoms with Crippen LogP contribution in [0.5, 0.6) is 5.75 Å². The molecule has 1 aliphatic heterocycles. The minimum atomic E-state index is -2.77. The van der Waals surface area contributed by atoms with Crippen LogP contribution >= 0.6 is 0 Å². The van der Waals surface area contributed by atoms with E-state index < -0.39 is 5.92 Å². The van der Waals surface area contributed by atoms with Crippen molar-refractivity contribution in [1.29, 1.82) is 0 Å². The van der Waals surface area contributed by atoms with Crippen molar-refractivity contribution < 1.29 is 13.5 Å². The molecule has 1 fully saturated rings. The Hall–Kier alpha value is -1.16. The third-order valence-electron chi connectivity index (χ3n) is 4.06. The molecule has 0 bridgehead atoms. The number of alkyl halides is 2. The number of hydrogen-bond acceptors (Lipinski definition) is 2. The molecule has 0 amide bonds. The molecular formula is C15H21F2NO. The summed E-state index contributed by atoms with van der Waals surface area (Å²) in [4.78, 5) is 0. The molecule has 1 atom stereocenters. The van der Waals surface area contributed by atoms with E-state index >= 15 is 0 Å². The van der Waals surface area contributed by atoms with Crippen LogP contribution in [0.4, 0.5) is 8.78 Å². The normalized spacial score (nSPS) is 19.7. The van der Waals surface area contributed by atoms with Gasteiger partial charge in [-0.1, -0.05) is 0 Å². The van der Waals surface area contributed by atoms with Crippen LogP contribution in [-0.4, -0.2) is 20.2 Å². The predicted molar refractivity (Wildman–Crippen MR) is 72.0 cm³/mol. The highest BCUT2D eigenvalue weighted by molar-refractivity contribution is 5.45. The van der Waals surface area contributed by atoms with Crippen molar-refractivity contribution in [3.05, 3.63) is 28.8 Å². The zero-order valence-corrected chi connectivity index (χ0v) is 11.7. The number of rotatable bonds is 4. The summed E-state index contributed by atoms with van der Waals surface area (Å²) in [6, 6.07) is 3.14. The molecule has 0 spiro atoms. The molecule has 1 heterocycles. The molecule has 1 unspecified atom stereocenters. The Balaban J connectivity index is 2.26. The second-order valence-electron chi connectivity index (χ2n) is 5.33. The van der Waals surface area contributed by atoms with Crippen molar-refractivity contribution in [1.82, 2.24) is 5.32 Å². The predicted octanol–water partition coefficient (Wildman–Crippen LogP) is 3.40. The Morgan fingerprint density at radius 3 is 2.63 bits per heavy atom. The molecule has 0 radical (unpaired) electrons. The second-order valence-corrected chi connectivity index (χ2v) is 5.33. The van der Waals surface area contributed by atoms with Gasteiger partial charge in [0, 0.05) is 12.0 Å². The molecule has 0 aliphatic carbocycles.